The summed E-state index contributed by atoms with van der Waals surface area (Å²) in [4.78, 5) is 4.03. The van der Waals surface area contributed by atoms with E-state index < -0.39 is 0 Å². The zero-order valence-electron chi connectivity index (χ0n) is 11.7. The fourth-order valence-corrected chi connectivity index (χ4v) is 1.81. The number of rotatable bonds is 4. The minimum absolute atomic E-state index is 0. The van der Waals surface area contributed by atoms with Crippen molar-refractivity contribution in [2.45, 2.75) is 0 Å². The normalized spacial score (nSPS) is 10.2. The summed E-state index contributed by atoms with van der Waals surface area (Å²) in [6, 6.07) is 11.3. The Morgan fingerprint density at radius 2 is 1.95 bits per heavy atom. The number of benzene rings is 1. The first kappa shape index (κ1) is 16.5. The lowest BCUT2D eigenvalue weighted by atomic mass is 10.0. The first-order valence-electron chi connectivity index (χ1n) is 6.02. The van der Waals surface area contributed by atoms with Gasteiger partial charge in [-0.1, -0.05) is 6.07 Å². The fraction of sp³-hybridized carbons (Fsp3) is 0.125. The van der Waals surface area contributed by atoms with E-state index in [0.29, 0.717) is 17.1 Å². The molecule has 0 aliphatic carbocycles. The van der Waals surface area contributed by atoms with Crippen molar-refractivity contribution in [3.05, 3.63) is 53.9 Å². The highest BCUT2D eigenvalue weighted by Crippen LogP contribution is 2.30. The lowest BCUT2D eigenvalue weighted by Crippen LogP contribution is -1.92. The number of methoxy groups -OCH3 is 2. The molecule has 2 rings (SSSR count). The second-order valence-corrected chi connectivity index (χ2v) is 4.03. The lowest BCUT2D eigenvalue weighted by Gasteiger charge is -2.09. The first-order valence-corrected chi connectivity index (χ1v) is 6.02. The minimum atomic E-state index is 0. The molecule has 0 unspecified atom stereocenters. The Labute approximate surface area is 130 Å². The quantitative estimate of drug-likeness (QED) is 0.810. The molecule has 0 saturated carbocycles. The van der Waals surface area contributed by atoms with Gasteiger partial charge in [-0.15, -0.1) is 12.4 Å². The van der Waals surface area contributed by atoms with Crippen LogP contribution in [0.5, 0.6) is 11.5 Å². The van der Waals surface area contributed by atoms with Gasteiger partial charge in [-0.2, -0.15) is 5.26 Å². The van der Waals surface area contributed by atoms with Crippen LogP contribution in [0.25, 0.3) is 11.6 Å². The molecule has 108 valence electrons. The van der Waals surface area contributed by atoms with Crippen LogP contribution in [-0.4, -0.2) is 19.2 Å². The van der Waals surface area contributed by atoms with Crippen molar-refractivity contribution in [1.29, 1.82) is 5.26 Å². The van der Waals surface area contributed by atoms with Crippen molar-refractivity contribution >= 4 is 24.1 Å². The number of hydrogen-bond donors (Lipinski definition) is 0. The Morgan fingerprint density at radius 1 is 1.19 bits per heavy atom. The maximum Gasteiger partial charge on any atom is 0.161 e. The van der Waals surface area contributed by atoms with E-state index in [-0.39, 0.29) is 12.4 Å². The molecule has 1 heterocycles. The number of allylic oxidation sites excluding steroid dienone is 1. The summed E-state index contributed by atoms with van der Waals surface area (Å²) >= 11 is 0. The summed E-state index contributed by atoms with van der Waals surface area (Å²) in [5, 5.41) is 9.32. The van der Waals surface area contributed by atoms with E-state index in [9.17, 15) is 5.26 Å². The Morgan fingerprint density at radius 3 is 2.52 bits per heavy atom. The van der Waals surface area contributed by atoms with Gasteiger partial charge in [0.05, 0.1) is 25.9 Å². The van der Waals surface area contributed by atoms with Crippen LogP contribution in [0.15, 0.2) is 42.7 Å². The van der Waals surface area contributed by atoms with E-state index >= 15 is 0 Å². The van der Waals surface area contributed by atoms with Gasteiger partial charge in [-0.25, -0.2) is 0 Å². The molecule has 0 aliphatic heterocycles. The number of halogens is 1. The lowest BCUT2D eigenvalue weighted by molar-refractivity contribution is 0.355. The molecule has 1 aromatic heterocycles. The third kappa shape index (κ3) is 3.98. The zero-order chi connectivity index (χ0) is 14.4. The van der Waals surface area contributed by atoms with Gasteiger partial charge in [0.2, 0.25) is 0 Å². The van der Waals surface area contributed by atoms with Crippen LogP contribution < -0.4 is 9.47 Å². The van der Waals surface area contributed by atoms with Gasteiger partial charge >= 0.3 is 0 Å². The van der Waals surface area contributed by atoms with E-state index in [1.807, 2.05) is 18.2 Å². The molecule has 0 saturated heterocycles. The molecule has 4 nitrogen and oxygen atoms in total. The molecule has 1 aromatic carbocycles. The summed E-state index contributed by atoms with van der Waals surface area (Å²) in [7, 11) is 3.15. The Hall–Kier alpha value is -2.51. The highest BCUT2D eigenvalue weighted by atomic mass is 35.5. The molecular formula is C16H15ClN2O2. The largest absolute Gasteiger partial charge is 0.493 e. The summed E-state index contributed by atoms with van der Waals surface area (Å²) in [5.74, 6) is 1.23. The smallest absolute Gasteiger partial charge is 0.161 e. The second kappa shape index (κ2) is 7.93. The minimum Gasteiger partial charge on any atom is -0.493 e. The van der Waals surface area contributed by atoms with Gasteiger partial charge < -0.3 is 9.47 Å². The standard InChI is InChI=1S/C16H14N2O2.ClH/c1-19-15-6-5-13(9-16(15)20-2)14(10-17)8-12-4-3-7-18-11-12;/h3-9,11H,1-2H3;1H. The average molecular weight is 303 g/mol. The number of ether oxygens (including phenoxy) is 2. The summed E-state index contributed by atoms with van der Waals surface area (Å²) in [6.45, 7) is 0. The van der Waals surface area contributed by atoms with Gasteiger partial charge in [-0.05, 0) is 41.5 Å². The van der Waals surface area contributed by atoms with Gasteiger partial charge in [0.25, 0.3) is 0 Å². The zero-order valence-corrected chi connectivity index (χ0v) is 12.6. The number of hydrogen-bond acceptors (Lipinski definition) is 4. The predicted molar refractivity (Wildman–Crippen MR) is 84.5 cm³/mol. The SMILES string of the molecule is COc1ccc(C(C#N)=Cc2cccnc2)cc1OC.Cl. The molecule has 2 aromatic rings. The van der Waals surface area contributed by atoms with Crippen molar-refractivity contribution in [3.63, 3.8) is 0 Å². The summed E-state index contributed by atoms with van der Waals surface area (Å²) < 4.78 is 10.4. The van der Waals surface area contributed by atoms with Crippen molar-refractivity contribution in [2.75, 3.05) is 14.2 Å². The summed E-state index contributed by atoms with van der Waals surface area (Å²) in [5.41, 5.74) is 2.19. The van der Waals surface area contributed by atoms with Crippen LogP contribution >= 0.6 is 12.4 Å². The van der Waals surface area contributed by atoms with Crippen LogP contribution in [0.2, 0.25) is 0 Å². The van der Waals surface area contributed by atoms with Crippen LogP contribution in [0.3, 0.4) is 0 Å². The van der Waals surface area contributed by atoms with Gasteiger partial charge in [-0.3, -0.25) is 4.98 Å². The molecule has 0 spiro atoms. The Kier molecular flexibility index (Phi) is 6.25. The van der Waals surface area contributed by atoms with E-state index in [1.54, 1.807) is 44.8 Å². The summed E-state index contributed by atoms with van der Waals surface area (Å²) in [6.07, 6.45) is 5.19. The van der Waals surface area contributed by atoms with Crippen LogP contribution in [-0.2, 0) is 0 Å². The molecule has 0 N–H and O–H groups in total. The Bertz CT molecular complexity index is 664. The van der Waals surface area contributed by atoms with Crippen molar-refractivity contribution in [3.8, 4) is 17.6 Å². The molecule has 0 radical (unpaired) electrons. The maximum absolute atomic E-state index is 9.32. The van der Waals surface area contributed by atoms with Gasteiger partial charge in [0.15, 0.2) is 11.5 Å². The van der Waals surface area contributed by atoms with E-state index in [2.05, 4.69) is 11.1 Å². The monoisotopic (exact) mass is 302 g/mol. The van der Waals surface area contributed by atoms with Gasteiger partial charge in [0, 0.05) is 12.4 Å². The molecule has 0 atom stereocenters. The molecule has 0 bridgehead atoms. The highest BCUT2D eigenvalue weighted by molar-refractivity contribution is 5.90. The number of nitrogens with zero attached hydrogens (tertiary/aromatic N) is 2. The topological polar surface area (TPSA) is 55.1 Å². The van der Waals surface area contributed by atoms with Crippen molar-refractivity contribution < 1.29 is 9.47 Å². The molecule has 5 heteroatoms. The van der Waals surface area contributed by atoms with E-state index in [4.69, 9.17) is 9.47 Å². The molecule has 0 fully saturated rings. The first-order chi connectivity index (χ1) is 9.78. The van der Waals surface area contributed by atoms with Gasteiger partial charge in [0.1, 0.15) is 0 Å². The van der Waals surface area contributed by atoms with Crippen LogP contribution in [0.4, 0.5) is 0 Å². The number of nitriles is 1. The van der Waals surface area contributed by atoms with Crippen LogP contribution in [0, 0.1) is 11.3 Å². The van der Waals surface area contributed by atoms with Crippen molar-refractivity contribution in [2.24, 2.45) is 0 Å². The van der Waals surface area contributed by atoms with Crippen molar-refractivity contribution in [1.82, 2.24) is 4.98 Å². The van der Waals surface area contributed by atoms with Crippen LogP contribution in [0.1, 0.15) is 11.1 Å². The average Bonchev–Trinajstić information content (AvgIpc) is 2.53. The van der Waals surface area contributed by atoms with E-state index in [1.165, 1.54) is 0 Å². The third-order valence-electron chi connectivity index (χ3n) is 2.81. The number of aromatic nitrogens is 1. The fourth-order valence-electron chi connectivity index (χ4n) is 1.81. The molecule has 0 amide bonds. The van der Waals surface area contributed by atoms with E-state index in [0.717, 1.165) is 11.1 Å². The molecule has 21 heavy (non-hydrogen) atoms. The highest BCUT2D eigenvalue weighted by Gasteiger charge is 2.08. The predicted octanol–water partition coefficient (Wildman–Crippen LogP) is 3.58. The maximum atomic E-state index is 9.32. The number of pyridine rings is 1. The molecule has 0 aliphatic rings. The Balaban J connectivity index is 0.00000220. The molecular weight excluding hydrogens is 288 g/mol. The third-order valence-corrected chi connectivity index (χ3v) is 2.81. The second-order valence-electron chi connectivity index (χ2n) is 4.03.